The number of likely N-dealkylation sites (tertiary alicyclic amines) is 1. The van der Waals surface area contributed by atoms with Crippen LogP contribution < -0.4 is 9.47 Å². The Morgan fingerprint density at radius 3 is 2.79 bits per heavy atom. The number of aliphatic carboxylic acids is 1. The summed E-state index contributed by atoms with van der Waals surface area (Å²) < 4.78 is 24.9. The molecule has 2 aliphatic rings. The molecule has 5 nitrogen and oxygen atoms in total. The number of benzene rings is 1. The first-order valence-corrected chi connectivity index (χ1v) is 8.37. The molecule has 0 aromatic heterocycles. The molecule has 2 atom stereocenters. The highest BCUT2D eigenvalue weighted by Crippen LogP contribution is 2.47. The van der Waals surface area contributed by atoms with Gasteiger partial charge in [-0.15, -0.1) is 0 Å². The van der Waals surface area contributed by atoms with Gasteiger partial charge in [0.15, 0.2) is 11.5 Å². The van der Waals surface area contributed by atoms with Gasteiger partial charge >= 0.3 is 5.97 Å². The number of methoxy groups -OCH3 is 2. The lowest BCUT2D eigenvalue weighted by molar-refractivity contribution is -0.152. The van der Waals surface area contributed by atoms with Gasteiger partial charge in [0, 0.05) is 25.2 Å². The van der Waals surface area contributed by atoms with Gasteiger partial charge in [0.05, 0.1) is 19.6 Å². The van der Waals surface area contributed by atoms with Crippen LogP contribution in [0.2, 0.25) is 0 Å². The van der Waals surface area contributed by atoms with Crippen molar-refractivity contribution in [2.24, 2.45) is 11.3 Å². The molecule has 2 fully saturated rings. The topological polar surface area (TPSA) is 59.0 Å². The van der Waals surface area contributed by atoms with Crippen molar-refractivity contribution in [1.29, 1.82) is 0 Å². The molecule has 0 radical (unpaired) electrons. The summed E-state index contributed by atoms with van der Waals surface area (Å²) >= 11 is 0. The Kier molecular flexibility index (Phi) is 4.67. The van der Waals surface area contributed by atoms with Crippen molar-refractivity contribution in [1.82, 2.24) is 4.90 Å². The largest absolute Gasteiger partial charge is 0.493 e. The van der Waals surface area contributed by atoms with Gasteiger partial charge < -0.3 is 14.6 Å². The van der Waals surface area contributed by atoms with Crippen molar-refractivity contribution in [3.8, 4) is 11.5 Å². The number of halogens is 1. The van der Waals surface area contributed by atoms with Crippen molar-refractivity contribution < 1.29 is 23.8 Å². The van der Waals surface area contributed by atoms with Gasteiger partial charge in [-0.05, 0) is 30.9 Å². The molecule has 6 heteroatoms. The van der Waals surface area contributed by atoms with E-state index in [2.05, 4.69) is 0 Å². The van der Waals surface area contributed by atoms with Crippen LogP contribution >= 0.6 is 0 Å². The Balaban J connectivity index is 1.87. The smallest absolute Gasteiger partial charge is 0.311 e. The molecule has 1 N–H and O–H groups in total. The number of carbonyl (C=O) groups is 1. The van der Waals surface area contributed by atoms with E-state index in [9.17, 15) is 14.3 Å². The number of nitrogens with zero attached hydrogens (tertiary/aromatic N) is 1. The second kappa shape index (κ2) is 6.59. The maximum absolute atomic E-state index is 14.4. The fourth-order valence-electron chi connectivity index (χ4n) is 4.37. The van der Waals surface area contributed by atoms with Crippen molar-refractivity contribution in [2.45, 2.75) is 32.2 Å². The highest BCUT2D eigenvalue weighted by atomic mass is 19.1. The summed E-state index contributed by atoms with van der Waals surface area (Å²) in [5.74, 6) is -0.0571. The number of rotatable bonds is 5. The van der Waals surface area contributed by atoms with E-state index >= 15 is 0 Å². The van der Waals surface area contributed by atoms with Crippen LogP contribution in [0.15, 0.2) is 12.1 Å². The Morgan fingerprint density at radius 1 is 1.38 bits per heavy atom. The van der Waals surface area contributed by atoms with Gasteiger partial charge in [-0.2, -0.15) is 0 Å². The summed E-state index contributed by atoms with van der Waals surface area (Å²) in [6.07, 6.45) is 3.67. The monoisotopic (exact) mass is 337 g/mol. The highest BCUT2D eigenvalue weighted by molar-refractivity contribution is 5.76. The van der Waals surface area contributed by atoms with Gasteiger partial charge in [-0.3, -0.25) is 9.69 Å². The highest BCUT2D eigenvalue weighted by Gasteiger charge is 2.53. The van der Waals surface area contributed by atoms with E-state index < -0.39 is 11.4 Å². The molecule has 132 valence electrons. The van der Waals surface area contributed by atoms with Crippen LogP contribution in [0.3, 0.4) is 0 Å². The molecule has 1 aliphatic heterocycles. The summed E-state index contributed by atoms with van der Waals surface area (Å²) in [5, 5.41) is 9.78. The number of hydrogen-bond acceptors (Lipinski definition) is 4. The number of carboxylic acid groups (broad SMARTS) is 1. The van der Waals surface area contributed by atoms with Crippen LogP contribution in [-0.2, 0) is 11.3 Å². The third kappa shape index (κ3) is 2.73. The van der Waals surface area contributed by atoms with Crippen molar-refractivity contribution in [3.63, 3.8) is 0 Å². The summed E-state index contributed by atoms with van der Waals surface area (Å²) in [7, 11) is 3.01. The lowest BCUT2D eigenvalue weighted by atomic mass is 9.68. The van der Waals surface area contributed by atoms with Gasteiger partial charge in [-0.25, -0.2) is 4.39 Å². The van der Waals surface area contributed by atoms with Gasteiger partial charge in [0.1, 0.15) is 5.82 Å². The molecule has 1 saturated heterocycles. The zero-order valence-corrected chi connectivity index (χ0v) is 14.2. The zero-order chi connectivity index (χ0) is 17.3. The average molecular weight is 337 g/mol. The van der Waals surface area contributed by atoms with Crippen molar-refractivity contribution in [3.05, 3.63) is 23.5 Å². The molecule has 0 bridgehead atoms. The van der Waals surface area contributed by atoms with Crippen LogP contribution in [0, 0.1) is 17.2 Å². The Labute approximate surface area is 141 Å². The Hall–Kier alpha value is -1.82. The minimum Gasteiger partial charge on any atom is -0.493 e. The predicted octanol–water partition coefficient (Wildman–Crippen LogP) is 2.92. The fourth-order valence-corrected chi connectivity index (χ4v) is 4.37. The van der Waals surface area contributed by atoms with Crippen LogP contribution in [0.25, 0.3) is 0 Å². The zero-order valence-electron chi connectivity index (χ0n) is 14.2. The van der Waals surface area contributed by atoms with Gasteiger partial charge in [0.2, 0.25) is 0 Å². The molecule has 24 heavy (non-hydrogen) atoms. The van der Waals surface area contributed by atoms with E-state index in [1.807, 2.05) is 4.90 Å². The SMILES string of the molecule is COc1ccc(F)c(CN2C[C@@H]3CCCC[C@]3(C(=O)O)C2)c1OC. The Bertz CT molecular complexity index is 636. The van der Waals surface area contributed by atoms with Gasteiger partial charge in [-0.1, -0.05) is 12.8 Å². The van der Waals surface area contributed by atoms with E-state index in [-0.39, 0.29) is 11.7 Å². The van der Waals surface area contributed by atoms with E-state index in [4.69, 9.17) is 9.47 Å². The minimum atomic E-state index is -0.715. The number of ether oxygens (including phenoxy) is 2. The molecule has 0 spiro atoms. The van der Waals surface area contributed by atoms with E-state index in [1.165, 1.54) is 20.3 Å². The fraction of sp³-hybridized carbons (Fsp3) is 0.611. The maximum Gasteiger partial charge on any atom is 0.311 e. The average Bonchev–Trinajstić information content (AvgIpc) is 2.96. The standard InChI is InChI=1S/C18H24FNO4/c1-23-15-7-6-14(19)13(16(15)24-2)10-20-9-12-5-3-4-8-18(12,11-20)17(21)22/h6-7,12H,3-5,8-11H2,1-2H3,(H,21,22)/t12-,18-/m0/s1. The van der Waals surface area contributed by atoms with Crippen LogP contribution in [0.5, 0.6) is 11.5 Å². The van der Waals surface area contributed by atoms with Crippen LogP contribution in [-0.4, -0.2) is 43.3 Å². The number of carboxylic acids is 1. The lowest BCUT2D eigenvalue weighted by Gasteiger charge is -2.34. The second-order valence-corrected chi connectivity index (χ2v) is 6.84. The number of fused-ring (bicyclic) bond motifs is 1. The number of hydrogen-bond donors (Lipinski definition) is 1. The molecule has 0 unspecified atom stereocenters. The molecule has 1 saturated carbocycles. The van der Waals surface area contributed by atoms with Crippen LogP contribution in [0.1, 0.15) is 31.2 Å². The molecule has 3 rings (SSSR count). The van der Waals surface area contributed by atoms with E-state index in [1.54, 1.807) is 6.07 Å². The van der Waals surface area contributed by atoms with Crippen molar-refractivity contribution in [2.75, 3.05) is 27.3 Å². The second-order valence-electron chi connectivity index (χ2n) is 6.84. The van der Waals surface area contributed by atoms with Crippen molar-refractivity contribution >= 4 is 5.97 Å². The van der Waals surface area contributed by atoms with E-state index in [0.29, 0.717) is 43.1 Å². The quantitative estimate of drug-likeness (QED) is 0.895. The molecule has 1 aromatic rings. The maximum atomic E-state index is 14.4. The Morgan fingerprint density at radius 2 is 2.17 bits per heavy atom. The molecule has 1 aromatic carbocycles. The van der Waals surface area contributed by atoms with Crippen LogP contribution in [0.4, 0.5) is 4.39 Å². The summed E-state index contributed by atoms with van der Waals surface area (Å²) in [6.45, 7) is 1.48. The molecular weight excluding hydrogens is 313 g/mol. The normalized spacial score (nSPS) is 26.9. The first kappa shape index (κ1) is 17.0. The molecule has 1 heterocycles. The molecule has 1 aliphatic carbocycles. The third-order valence-electron chi connectivity index (χ3n) is 5.59. The summed E-state index contributed by atoms with van der Waals surface area (Å²) in [4.78, 5) is 13.9. The molecule has 0 amide bonds. The van der Waals surface area contributed by atoms with Gasteiger partial charge in [0.25, 0.3) is 0 Å². The first-order chi connectivity index (χ1) is 11.5. The van der Waals surface area contributed by atoms with E-state index in [0.717, 1.165) is 19.3 Å². The minimum absolute atomic E-state index is 0.142. The molecular formula is C18H24FNO4. The summed E-state index contributed by atoms with van der Waals surface area (Å²) in [6, 6.07) is 2.91. The predicted molar refractivity (Wildman–Crippen MR) is 86.8 cm³/mol. The summed E-state index contributed by atoms with van der Waals surface area (Å²) in [5.41, 5.74) is -0.253. The third-order valence-corrected chi connectivity index (χ3v) is 5.59. The first-order valence-electron chi connectivity index (χ1n) is 8.37. The lowest BCUT2D eigenvalue weighted by Crippen LogP contribution is -2.41.